The minimum absolute atomic E-state index is 0.344. The van der Waals surface area contributed by atoms with E-state index in [0.717, 1.165) is 11.4 Å². The minimum Gasteiger partial charge on any atom is -0.373 e. The zero-order chi connectivity index (χ0) is 14.1. The average molecular weight is 272 g/mol. The van der Waals surface area contributed by atoms with Gasteiger partial charge in [-0.3, -0.25) is 5.10 Å². The van der Waals surface area contributed by atoms with E-state index < -0.39 is 0 Å². The molecule has 2 heterocycles. The molecule has 0 fully saturated rings. The van der Waals surface area contributed by atoms with Gasteiger partial charge in [-0.25, -0.2) is 9.37 Å². The normalized spacial score (nSPS) is 10.8. The number of hydrogen-bond acceptors (Lipinski definition) is 5. The Hall–Kier alpha value is -2.70. The van der Waals surface area contributed by atoms with Crippen molar-refractivity contribution in [1.29, 1.82) is 0 Å². The molecule has 0 aliphatic heterocycles. The summed E-state index contributed by atoms with van der Waals surface area (Å²) in [6.07, 6.45) is 3.28. The smallest absolute Gasteiger partial charge is 0.229 e. The Balaban J connectivity index is 2.01. The topological polar surface area (TPSA) is 78.5 Å². The monoisotopic (exact) mass is 272 g/mol. The molecule has 0 bridgehead atoms. The number of halogens is 1. The maximum absolute atomic E-state index is 13.6. The minimum atomic E-state index is -0.344. The molecule has 0 aliphatic carbocycles. The molecule has 0 amide bonds. The molecule has 20 heavy (non-hydrogen) atoms. The predicted octanol–water partition coefficient (Wildman–Crippen LogP) is 2.59. The highest BCUT2D eigenvalue weighted by Crippen LogP contribution is 2.26. The van der Waals surface area contributed by atoms with Crippen LogP contribution in [0.2, 0.25) is 0 Å². The molecule has 0 saturated carbocycles. The number of anilines is 3. The van der Waals surface area contributed by atoms with Crippen molar-refractivity contribution in [2.45, 2.75) is 6.92 Å². The van der Waals surface area contributed by atoms with Gasteiger partial charge in [0.05, 0.1) is 11.9 Å². The number of fused-ring (bicyclic) bond motifs is 1. The fraction of sp³-hybridized carbons (Fsp3) is 0.154. The van der Waals surface area contributed by atoms with Crippen LogP contribution in [0.3, 0.4) is 0 Å². The second-order valence-corrected chi connectivity index (χ2v) is 4.35. The molecule has 3 rings (SSSR count). The first-order valence-corrected chi connectivity index (χ1v) is 6.09. The highest BCUT2D eigenvalue weighted by molar-refractivity contribution is 5.92. The molecule has 0 aliphatic rings. The lowest BCUT2D eigenvalue weighted by molar-refractivity contribution is 0.636. The van der Waals surface area contributed by atoms with Gasteiger partial charge in [0.1, 0.15) is 17.2 Å². The Kier molecular flexibility index (Phi) is 2.94. The van der Waals surface area contributed by atoms with E-state index in [2.05, 4.69) is 30.8 Å². The van der Waals surface area contributed by atoms with Crippen molar-refractivity contribution in [1.82, 2.24) is 20.2 Å². The van der Waals surface area contributed by atoms with Crippen LogP contribution in [0, 0.1) is 12.7 Å². The Bertz CT molecular complexity index is 767. The van der Waals surface area contributed by atoms with E-state index in [4.69, 9.17) is 0 Å². The van der Waals surface area contributed by atoms with Crippen LogP contribution in [0.1, 0.15) is 5.56 Å². The van der Waals surface area contributed by atoms with Crippen LogP contribution in [0.5, 0.6) is 0 Å². The maximum Gasteiger partial charge on any atom is 0.229 e. The van der Waals surface area contributed by atoms with E-state index in [1.54, 1.807) is 25.5 Å². The Morgan fingerprint density at radius 2 is 2.10 bits per heavy atom. The third-order valence-electron chi connectivity index (χ3n) is 3.02. The molecule has 0 unspecified atom stereocenters. The van der Waals surface area contributed by atoms with Crippen LogP contribution < -0.4 is 10.6 Å². The molecule has 2 aromatic heterocycles. The largest absolute Gasteiger partial charge is 0.373 e. The summed E-state index contributed by atoms with van der Waals surface area (Å²) in [7, 11) is 1.80. The van der Waals surface area contributed by atoms with E-state index in [1.807, 2.05) is 6.92 Å². The first kappa shape index (κ1) is 12.3. The fourth-order valence-corrected chi connectivity index (χ4v) is 1.99. The molecule has 1 aromatic carbocycles. The van der Waals surface area contributed by atoms with E-state index in [-0.39, 0.29) is 5.82 Å². The quantitative estimate of drug-likeness (QED) is 0.683. The summed E-state index contributed by atoms with van der Waals surface area (Å²) >= 11 is 0. The van der Waals surface area contributed by atoms with Crippen molar-refractivity contribution in [2.75, 3.05) is 17.7 Å². The van der Waals surface area contributed by atoms with Gasteiger partial charge < -0.3 is 10.6 Å². The highest BCUT2D eigenvalue weighted by atomic mass is 19.1. The van der Waals surface area contributed by atoms with Crippen molar-refractivity contribution >= 4 is 28.4 Å². The van der Waals surface area contributed by atoms with Crippen LogP contribution in [-0.2, 0) is 0 Å². The van der Waals surface area contributed by atoms with Crippen LogP contribution in [0.25, 0.3) is 10.9 Å². The van der Waals surface area contributed by atoms with Gasteiger partial charge in [-0.1, -0.05) is 0 Å². The summed E-state index contributed by atoms with van der Waals surface area (Å²) in [5.74, 6) is 0.839. The Labute approximate surface area is 114 Å². The van der Waals surface area contributed by atoms with E-state index in [0.29, 0.717) is 22.5 Å². The predicted molar refractivity (Wildman–Crippen MR) is 75.7 cm³/mol. The molecule has 0 atom stereocenters. The first-order valence-electron chi connectivity index (χ1n) is 6.09. The zero-order valence-electron chi connectivity index (χ0n) is 11.0. The molecule has 0 spiro atoms. The first-order chi connectivity index (χ1) is 9.69. The van der Waals surface area contributed by atoms with Gasteiger partial charge in [0.2, 0.25) is 5.95 Å². The molecule has 3 N–H and O–H groups in total. The number of nitrogens with zero attached hydrogens (tertiary/aromatic N) is 3. The number of aromatic nitrogens is 4. The van der Waals surface area contributed by atoms with E-state index in [9.17, 15) is 4.39 Å². The van der Waals surface area contributed by atoms with Crippen LogP contribution >= 0.6 is 0 Å². The van der Waals surface area contributed by atoms with Crippen molar-refractivity contribution in [3.8, 4) is 0 Å². The van der Waals surface area contributed by atoms with Gasteiger partial charge in [0.25, 0.3) is 0 Å². The molecule has 0 saturated heterocycles. The second-order valence-electron chi connectivity index (χ2n) is 4.35. The summed E-state index contributed by atoms with van der Waals surface area (Å²) in [5, 5.41) is 13.2. The third-order valence-corrected chi connectivity index (χ3v) is 3.02. The molecular formula is C13H13FN6. The van der Waals surface area contributed by atoms with Gasteiger partial charge >= 0.3 is 0 Å². The molecule has 102 valence electrons. The van der Waals surface area contributed by atoms with Crippen LogP contribution in [0.15, 0.2) is 24.5 Å². The Morgan fingerprint density at radius 1 is 1.25 bits per heavy atom. The van der Waals surface area contributed by atoms with Gasteiger partial charge in [0, 0.05) is 24.2 Å². The summed E-state index contributed by atoms with van der Waals surface area (Å²) in [6, 6.07) is 3.01. The third kappa shape index (κ3) is 2.03. The number of nitrogens with one attached hydrogen (secondary N) is 3. The van der Waals surface area contributed by atoms with Gasteiger partial charge in [-0.05, 0) is 19.1 Å². The number of H-pyrrole nitrogens is 1. The number of aryl methyl sites for hydroxylation is 1. The SMILES string of the molecule is CNc1nc(Nc2ccc(F)c3[nH]ncc23)ncc1C. The number of rotatable bonds is 3. The summed E-state index contributed by atoms with van der Waals surface area (Å²) < 4.78 is 13.6. The van der Waals surface area contributed by atoms with Gasteiger partial charge in [-0.15, -0.1) is 0 Å². The van der Waals surface area contributed by atoms with Crippen molar-refractivity contribution in [3.05, 3.63) is 35.9 Å². The van der Waals surface area contributed by atoms with Crippen LogP contribution in [-0.4, -0.2) is 27.2 Å². The van der Waals surface area contributed by atoms with Gasteiger partial charge in [-0.2, -0.15) is 10.1 Å². The average Bonchev–Trinajstić information content (AvgIpc) is 2.94. The van der Waals surface area contributed by atoms with Crippen molar-refractivity contribution < 1.29 is 4.39 Å². The summed E-state index contributed by atoms with van der Waals surface area (Å²) in [4.78, 5) is 8.55. The number of benzene rings is 1. The van der Waals surface area contributed by atoms with Crippen LogP contribution in [0.4, 0.5) is 21.8 Å². The number of aromatic amines is 1. The molecule has 0 radical (unpaired) electrons. The zero-order valence-corrected chi connectivity index (χ0v) is 11.0. The molecule has 6 nitrogen and oxygen atoms in total. The standard InChI is InChI=1S/C13H13FN6/c1-7-5-16-13(19-12(7)15-2)18-10-4-3-9(14)11-8(10)6-17-20-11/h3-6H,1-2H3,(H,17,20)(H2,15,16,18,19). The molecular weight excluding hydrogens is 259 g/mol. The second kappa shape index (κ2) is 4.76. The lowest BCUT2D eigenvalue weighted by Crippen LogP contribution is -2.02. The van der Waals surface area contributed by atoms with Crippen molar-refractivity contribution in [3.63, 3.8) is 0 Å². The van der Waals surface area contributed by atoms with Crippen molar-refractivity contribution in [2.24, 2.45) is 0 Å². The summed E-state index contributed by atoms with van der Waals surface area (Å²) in [6.45, 7) is 1.92. The maximum atomic E-state index is 13.6. The summed E-state index contributed by atoms with van der Waals surface area (Å²) in [5.41, 5.74) is 2.00. The Morgan fingerprint density at radius 3 is 2.90 bits per heavy atom. The highest BCUT2D eigenvalue weighted by Gasteiger charge is 2.09. The van der Waals surface area contributed by atoms with E-state index >= 15 is 0 Å². The van der Waals surface area contributed by atoms with Gasteiger partial charge in [0.15, 0.2) is 0 Å². The fourth-order valence-electron chi connectivity index (χ4n) is 1.99. The lowest BCUT2D eigenvalue weighted by Gasteiger charge is -2.09. The van der Waals surface area contributed by atoms with E-state index in [1.165, 1.54) is 6.07 Å². The molecule has 3 aromatic rings. The lowest BCUT2D eigenvalue weighted by atomic mass is 10.2. The molecule has 7 heteroatoms. The number of hydrogen-bond donors (Lipinski definition) is 3.